The van der Waals surface area contributed by atoms with E-state index in [1.165, 1.54) is 0 Å². The Morgan fingerprint density at radius 1 is 1.50 bits per heavy atom. The maximum absolute atomic E-state index is 11.4. The molecule has 0 aliphatic carbocycles. The van der Waals surface area contributed by atoms with Crippen LogP contribution in [0.5, 0.6) is 0 Å². The third-order valence-electron chi connectivity index (χ3n) is 2.28. The predicted molar refractivity (Wildman–Crippen MR) is 40.4 cm³/mol. The average molecular weight is 142 g/mol. The third kappa shape index (κ3) is 1.96. The molecule has 10 heavy (non-hydrogen) atoms. The highest BCUT2D eigenvalue weighted by Crippen LogP contribution is 2.23. The maximum Gasteiger partial charge on any atom is 0.102 e. The van der Waals surface area contributed by atoms with Crippen LogP contribution in [0.1, 0.15) is 26.7 Å². The maximum atomic E-state index is 11.4. The van der Waals surface area contributed by atoms with E-state index in [9.17, 15) is 5.11 Å². The lowest BCUT2D eigenvalue weighted by atomic mass is 9.85. The molecule has 1 N–H and O–H groups in total. The molecular weight excluding hydrogens is 126 g/mol. The zero-order valence-corrected chi connectivity index (χ0v) is 6.81. The lowest BCUT2D eigenvalue weighted by molar-refractivity contribution is -0.0536. The molecule has 0 amide bonds. The van der Waals surface area contributed by atoms with Gasteiger partial charge in [-0.2, -0.15) is 0 Å². The summed E-state index contributed by atoms with van der Waals surface area (Å²) < 4.78 is 0. The summed E-state index contributed by atoms with van der Waals surface area (Å²) in [6, 6.07) is 0. The molecular formula is C8H16NO. The van der Waals surface area contributed by atoms with Crippen molar-refractivity contribution in [3.05, 3.63) is 0 Å². The van der Waals surface area contributed by atoms with E-state index in [-0.39, 0.29) is 0 Å². The second-order valence-electron chi connectivity index (χ2n) is 3.65. The molecule has 1 aliphatic rings. The van der Waals surface area contributed by atoms with Gasteiger partial charge in [-0.25, -0.2) is 5.11 Å². The summed E-state index contributed by atoms with van der Waals surface area (Å²) in [5.74, 6) is 0.334. The quantitative estimate of drug-likeness (QED) is 0.586. The minimum absolute atomic E-state index is 0.334. The smallest absolute Gasteiger partial charge is 0.102 e. The summed E-state index contributed by atoms with van der Waals surface area (Å²) in [5.41, 5.74) is -0.743. The molecule has 2 heteroatoms. The Balaban J connectivity index is 2.39. The van der Waals surface area contributed by atoms with Gasteiger partial charge >= 0.3 is 0 Å². The molecule has 0 bridgehead atoms. The van der Waals surface area contributed by atoms with E-state index >= 15 is 0 Å². The van der Waals surface area contributed by atoms with Gasteiger partial charge in [-0.1, -0.05) is 0 Å². The van der Waals surface area contributed by atoms with E-state index in [0.717, 1.165) is 25.9 Å². The Morgan fingerprint density at radius 2 is 2.20 bits per heavy atom. The van der Waals surface area contributed by atoms with Crippen molar-refractivity contribution < 1.29 is 5.11 Å². The highest BCUT2D eigenvalue weighted by molar-refractivity contribution is 4.81. The van der Waals surface area contributed by atoms with Gasteiger partial charge in [0.25, 0.3) is 0 Å². The highest BCUT2D eigenvalue weighted by Gasteiger charge is 2.29. The second kappa shape index (κ2) is 2.89. The SMILES string of the molecule is CC(C)([O])C1CCCNC1. The van der Waals surface area contributed by atoms with Gasteiger partial charge in [0.1, 0.15) is 5.60 Å². The summed E-state index contributed by atoms with van der Waals surface area (Å²) in [6.07, 6.45) is 2.26. The molecule has 1 fully saturated rings. The minimum Gasteiger partial charge on any atom is -0.316 e. The van der Waals surface area contributed by atoms with Gasteiger partial charge in [0.2, 0.25) is 0 Å². The first kappa shape index (κ1) is 8.02. The van der Waals surface area contributed by atoms with Crippen LogP contribution in [0.25, 0.3) is 0 Å². The molecule has 0 aromatic carbocycles. The fourth-order valence-electron chi connectivity index (χ4n) is 1.45. The zero-order valence-electron chi connectivity index (χ0n) is 6.81. The van der Waals surface area contributed by atoms with Gasteiger partial charge in [-0.3, -0.25) is 0 Å². The van der Waals surface area contributed by atoms with Gasteiger partial charge in [0.05, 0.1) is 0 Å². The van der Waals surface area contributed by atoms with Crippen molar-refractivity contribution in [2.24, 2.45) is 5.92 Å². The van der Waals surface area contributed by atoms with Crippen molar-refractivity contribution in [1.82, 2.24) is 5.32 Å². The molecule has 59 valence electrons. The molecule has 1 saturated heterocycles. The monoisotopic (exact) mass is 142 g/mol. The lowest BCUT2D eigenvalue weighted by Crippen LogP contribution is -2.41. The molecule has 1 heterocycles. The largest absolute Gasteiger partial charge is 0.316 e. The molecule has 1 unspecified atom stereocenters. The van der Waals surface area contributed by atoms with Gasteiger partial charge < -0.3 is 5.32 Å². The van der Waals surface area contributed by atoms with Crippen LogP contribution in [0.15, 0.2) is 0 Å². The highest BCUT2D eigenvalue weighted by atomic mass is 16.3. The summed E-state index contributed by atoms with van der Waals surface area (Å²) >= 11 is 0. The van der Waals surface area contributed by atoms with Gasteiger partial charge in [-0.15, -0.1) is 0 Å². The molecule has 1 rings (SSSR count). The first-order chi connectivity index (χ1) is 4.61. The zero-order chi connectivity index (χ0) is 7.61. The Hall–Kier alpha value is -0.0800. The molecule has 1 atom stereocenters. The van der Waals surface area contributed by atoms with Crippen molar-refractivity contribution in [3.63, 3.8) is 0 Å². The first-order valence-electron chi connectivity index (χ1n) is 4.02. The second-order valence-corrected chi connectivity index (χ2v) is 3.65. The van der Waals surface area contributed by atoms with E-state index in [1.807, 2.05) is 0 Å². The Labute approximate surface area is 62.6 Å². The molecule has 0 aromatic heterocycles. The molecule has 1 aliphatic heterocycles. The van der Waals surface area contributed by atoms with E-state index < -0.39 is 5.60 Å². The van der Waals surface area contributed by atoms with Gasteiger partial charge in [-0.05, 0) is 33.2 Å². The lowest BCUT2D eigenvalue weighted by Gasteiger charge is -2.30. The molecule has 2 nitrogen and oxygen atoms in total. The number of hydrogen-bond donors (Lipinski definition) is 1. The van der Waals surface area contributed by atoms with Crippen LogP contribution in [0.4, 0.5) is 0 Å². The summed E-state index contributed by atoms with van der Waals surface area (Å²) in [6.45, 7) is 5.57. The van der Waals surface area contributed by atoms with Gasteiger partial charge in [0.15, 0.2) is 0 Å². The van der Waals surface area contributed by atoms with Crippen LogP contribution < -0.4 is 5.32 Å². The minimum atomic E-state index is -0.743. The Kier molecular flexibility index (Phi) is 2.32. The number of rotatable bonds is 1. The van der Waals surface area contributed by atoms with E-state index in [1.54, 1.807) is 13.8 Å². The van der Waals surface area contributed by atoms with Crippen LogP contribution >= 0.6 is 0 Å². The van der Waals surface area contributed by atoms with Crippen molar-refractivity contribution in [3.8, 4) is 0 Å². The Morgan fingerprint density at radius 3 is 2.50 bits per heavy atom. The van der Waals surface area contributed by atoms with E-state index in [4.69, 9.17) is 0 Å². The Bertz CT molecular complexity index is 100. The van der Waals surface area contributed by atoms with Gasteiger partial charge in [0, 0.05) is 12.5 Å². The number of piperidine rings is 1. The van der Waals surface area contributed by atoms with E-state index in [0.29, 0.717) is 5.92 Å². The number of nitrogens with one attached hydrogen (secondary N) is 1. The summed E-state index contributed by atoms with van der Waals surface area (Å²) in [5, 5.41) is 14.7. The molecule has 0 aromatic rings. The fourth-order valence-corrected chi connectivity index (χ4v) is 1.45. The standard InChI is InChI=1S/C8H16NO/c1-8(2,10)7-4-3-5-9-6-7/h7,9H,3-6H2,1-2H3. The van der Waals surface area contributed by atoms with Crippen molar-refractivity contribution in [1.29, 1.82) is 0 Å². The summed E-state index contributed by atoms with van der Waals surface area (Å²) in [4.78, 5) is 0. The fraction of sp³-hybridized carbons (Fsp3) is 1.00. The average Bonchev–Trinajstić information content (AvgIpc) is 1.88. The number of hydrogen-bond acceptors (Lipinski definition) is 1. The summed E-state index contributed by atoms with van der Waals surface area (Å²) in [7, 11) is 0. The third-order valence-corrected chi connectivity index (χ3v) is 2.28. The molecule has 1 radical (unpaired) electrons. The molecule has 0 saturated carbocycles. The van der Waals surface area contributed by atoms with Crippen LogP contribution in [0.3, 0.4) is 0 Å². The van der Waals surface area contributed by atoms with Crippen molar-refractivity contribution >= 4 is 0 Å². The van der Waals surface area contributed by atoms with Crippen molar-refractivity contribution in [2.75, 3.05) is 13.1 Å². The van der Waals surface area contributed by atoms with Crippen LogP contribution in [-0.4, -0.2) is 18.7 Å². The molecule has 0 spiro atoms. The topological polar surface area (TPSA) is 31.9 Å². The first-order valence-corrected chi connectivity index (χ1v) is 4.02. The normalized spacial score (nSPS) is 28.5. The van der Waals surface area contributed by atoms with Crippen molar-refractivity contribution in [2.45, 2.75) is 32.3 Å². The van der Waals surface area contributed by atoms with Crippen LogP contribution in [0, 0.1) is 5.92 Å². The van der Waals surface area contributed by atoms with Crippen LogP contribution in [0.2, 0.25) is 0 Å². The predicted octanol–water partition coefficient (Wildman–Crippen LogP) is 1.20. The van der Waals surface area contributed by atoms with E-state index in [2.05, 4.69) is 5.32 Å². The van der Waals surface area contributed by atoms with Crippen LogP contribution in [-0.2, 0) is 5.11 Å².